The second-order valence-electron chi connectivity index (χ2n) is 4.44. The Balaban J connectivity index is 1.94. The van der Waals surface area contributed by atoms with Gasteiger partial charge in [-0.2, -0.15) is 0 Å². The molecule has 15 heavy (non-hydrogen) atoms. The van der Waals surface area contributed by atoms with Crippen molar-refractivity contribution in [3.63, 3.8) is 0 Å². The third-order valence-corrected chi connectivity index (χ3v) is 3.47. The highest BCUT2D eigenvalue weighted by molar-refractivity contribution is 5.05. The maximum Gasteiger partial charge on any atom is 0.150 e. The van der Waals surface area contributed by atoms with Crippen molar-refractivity contribution in [2.24, 2.45) is 0 Å². The SMILES string of the molecule is CN1CCC[C@@H]1c1nnc2n1CCNC2. The lowest BCUT2D eigenvalue weighted by molar-refractivity contribution is 0.294. The molecule has 0 radical (unpaired) electrons. The van der Waals surface area contributed by atoms with Crippen LogP contribution in [0.25, 0.3) is 0 Å². The summed E-state index contributed by atoms with van der Waals surface area (Å²) in [5, 5.41) is 11.9. The maximum atomic E-state index is 4.36. The van der Waals surface area contributed by atoms with Gasteiger partial charge in [-0.05, 0) is 26.4 Å². The first-order valence-electron chi connectivity index (χ1n) is 5.69. The third kappa shape index (κ3) is 1.46. The van der Waals surface area contributed by atoms with Crippen LogP contribution in [0.5, 0.6) is 0 Å². The molecule has 1 aromatic rings. The standard InChI is InChI=1S/C10H17N5/c1-14-5-2-3-8(14)10-13-12-9-7-11-4-6-15(9)10/h8,11H,2-7H2,1H3/t8-/m1/s1. The number of hydrogen-bond acceptors (Lipinski definition) is 4. The van der Waals surface area contributed by atoms with Crippen LogP contribution < -0.4 is 5.32 Å². The summed E-state index contributed by atoms with van der Waals surface area (Å²) in [5.74, 6) is 2.27. The number of fused-ring (bicyclic) bond motifs is 1. The molecule has 1 aromatic heterocycles. The highest BCUT2D eigenvalue weighted by atomic mass is 15.3. The van der Waals surface area contributed by atoms with Crippen molar-refractivity contribution in [2.45, 2.75) is 32.0 Å². The lowest BCUT2D eigenvalue weighted by atomic mass is 10.2. The summed E-state index contributed by atoms with van der Waals surface area (Å²) in [4.78, 5) is 2.39. The minimum absolute atomic E-state index is 0.490. The Morgan fingerprint density at radius 2 is 2.27 bits per heavy atom. The molecule has 5 nitrogen and oxygen atoms in total. The van der Waals surface area contributed by atoms with E-state index in [0.717, 1.165) is 25.5 Å². The van der Waals surface area contributed by atoms with E-state index in [9.17, 15) is 0 Å². The molecule has 0 spiro atoms. The van der Waals surface area contributed by atoms with E-state index in [0.29, 0.717) is 6.04 Å². The van der Waals surface area contributed by atoms with Crippen molar-refractivity contribution in [1.29, 1.82) is 0 Å². The molecule has 2 aliphatic heterocycles. The summed E-state index contributed by atoms with van der Waals surface area (Å²) >= 11 is 0. The number of hydrogen-bond donors (Lipinski definition) is 1. The third-order valence-electron chi connectivity index (χ3n) is 3.47. The van der Waals surface area contributed by atoms with Crippen molar-refractivity contribution in [2.75, 3.05) is 20.1 Å². The van der Waals surface area contributed by atoms with E-state index in [-0.39, 0.29) is 0 Å². The number of nitrogens with zero attached hydrogens (tertiary/aromatic N) is 4. The smallest absolute Gasteiger partial charge is 0.150 e. The molecule has 0 saturated carbocycles. The van der Waals surface area contributed by atoms with Crippen molar-refractivity contribution in [3.8, 4) is 0 Å². The Kier molecular flexibility index (Phi) is 2.21. The molecule has 0 aliphatic carbocycles. The number of nitrogens with one attached hydrogen (secondary N) is 1. The van der Waals surface area contributed by atoms with Gasteiger partial charge in [-0.25, -0.2) is 0 Å². The van der Waals surface area contributed by atoms with E-state index in [1.807, 2.05) is 0 Å². The van der Waals surface area contributed by atoms with Crippen LogP contribution in [0.15, 0.2) is 0 Å². The Hall–Kier alpha value is -0.940. The van der Waals surface area contributed by atoms with Gasteiger partial charge >= 0.3 is 0 Å². The molecule has 0 aromatic carbocycles. The molecule has 3 heterocycles. The van der Waals surface area contributed by atoms with Crippen molar-refractivity contribution in [3.05, 3.63) is 11.6 Å². The van der Waals surface area contributed by atoms with Gasteiger partial charge in [0.1, 0.15) is 11.6 Å². The van der Waals surface area contributed by atoms with Crippen molar-refractivity contribution >= 4 is 0 Å². The fraction of sp³-hybridized carbons (Fsp3) is 0.800. The van der Waals surface area contributed by atoms with Crippen LogP contribution in [0, 0.1) is 0 Å². The topological polar surface area (TPSA) is 46.0 Å². The van der Waals surface area contributed by atoms with E-state index in [1.54, 1.807) is 0 Å². The highest BCUT2D eigenvalue weighted by Crippen LogP contribution is 2.29. The molecule has 1 atom stereocenters. The lowest BCUT2D eigenvalue weighted by Crippen LogP contribution is -2.31. The maximum absolute atomic E-state index is 4.36. The van der Waals surface area contributed by atoms with Crippen molar-refractivity contribution in [1.82, 2.24) is 25.0 Å². The molecule has 5 heteroatoms. The average Bonchev–Trinajstić information content (AvgIpc) is 2.83. The zero-order chi connectivity index (χ0) is 10.3. The Morgan fingerprint density at radius 1 is 1.33 bits per heavy atom. The number of aromatic nitrogens is 3. The van der Waals surface area contributed by atoms with Gasteiger partial charge in [0, 0.05) is 13.1 Å². The summed E-state index contributed by atoms with van der Waals surface area (Å²) in [6, 6.07) is 0.490. The minimum atomic E-state index is 0.490. The van der Waals surface area contributed by atoms with E-state index in [1.165, 1.54) is 25.2 Å². The van der Waals surface area contributed by atoms with Gasteiger partial charge in [0.05, 0.1) is 12.6 Å². The van der Waals surface area contributed by atoms with Gasteiger partial charge in [-0.3, -0.25) is 4.90 Å². The summed E-state index contributed by atoms with van der Waals surface area (Å²) < 4.78 is 2.29. The summed E-state index contributed by atoms with van der Waals surface area (Å²) in [5.41, 5.74) is 0. The Bertz CT molecular complexity index is 359. The Labute approximate surface area is 89.5 Å². The van der Waals surface area contributed by atoms with Gasteiger partial charge in [0.2, 0.25) is 0 Å². The van der Waals surface area contributed by atoms with Crippen LogP contribution in [0.4, 0.5) is 0 Å². The summed E-state index contributed by atoms with van der Waals surface area (Å²) in [7, 11) is 2.18. The van der Waals surface area contributed by atoms with Crippen LogP contribution in [-0.4, -0.2) is 39.8 Å². The second kappa shape index (κ2) is 3.57. The zero-order valence-corrected chi connectivity index (χ0v) is 9.11. The molecule has 2 aliphatic rings. The highest BCUT2D eigenvalue weighted by Gasteiger charge is 2.29. The molecule has 82 valence electrons. The van der Waals surface area contributed by atoms with Crippen molar-refractivity contribution < 1.29 is 0 Å². The number of rotatable bonds is 1. The van der Waals surface area contributed by atoms with Gasteiger partial charge in [-0.15, -0.1) is 10.2 Å². The summed E-state index contributed by atoms with van der Waals surface area (Å²) in [6.07, 6.45) is 2.50. The predicted octanol–water partition coefficient (Wildman–Crippen LogP) is 0.148. The first-order chi connectivity index (χ1) is 7.36. The van der Waals surface area contributed by atoms with E-state index in [2.05, 4.69) is 32.0 Å². The van der Waals surface area contributed by atoms with E-state index in [4.69, 9.17) is 0 Å². The quantitative estimate of drug-likeness (QED) is 0.712. The largest absolute Gasteiger partial charge is 0.311 e. The monoisotopic (exact) mass is 207 g/mol. The number of likely N-dealkylation sites (tertiary alicyclic amines) is 1. The lowest BCUT2D eigenvalue weighted by Gasteiger charge is -2.22. The fourth-order valence-corrected chi connectivity index (χ4v) is 2.60. The predicted molar refractivity (Wildman–Crippen MR) is 56.3 cm³/mol. The molecular formula is C10H17N5. The molecular weight excluding hydrogens is 190 g/mol. The van der Waals surface area contributed by atoms with E-state index < -0.39 is 0 Å². The van der Waals surface area contributed by atoms with E-state index >= 15 is 0 Å². The van der Waals surface area contributed by atoms with Crippen LogP contribution in [-0.2, 0) is 13.1 Å². The zero-order valence-electron chi connectivity index (χ0n) is 9.11. The van der Waals surface area contributed by atoms with Gasteiger partial charge < -0.3 is 9.88 Å². The first kappa shape index (κ1) is 9.30. The molecule has 1 N–H and O–H groups in total. The average molecular weight is 207 g/mol. The van der Waals surface area contributed by atoms with Crippen LogP contribution in [0.2, 0.25) is 0 Å². The molecule has 0 bridgehead atoms. The normalized spacial score (nSPS) is 26.9. The molecule has 0 amide bonds. The second-order valence-corrected chi connectivity index (χ2v) is 4.44. The van der Waals surface area contributed by atoms with Crippen LogP contribution >= 0.6 is 0 Å². The molecule has 3 rings (SSSR count). The van der Waals surface area contributed by atoms with Crippen LogP contribution in [0.3, 0.4) is 0 Å². The molecule has 1 saturated heterocycles. The van der Waals surface area contributed by atoms with Gasteiger partial charge in [0.15, 0.2) is 0 Å². The molecule has 0 unspecified atom stereocenters. The minimum Gasteiger partial charge on any atom is -0.311 e. The molecule has 1 fully saturated rings. The summed E-state index contributed by atoms with van der Waals surface area (Å²) in [6.45, 7) is 4.10. The van der Waals surface area contributed by atoms with Crippen LogP contribution in [0.1, 0.15) is 30.5 Å². The first-order valence-corrected chi connectivity index (χ1v) is 5.69. The van der Waals surface area contributed by atoms with Gasteiger partial charge in [0.25, 0.3) is 0 Å². The Morgan fingerprint density at radius 3 is 3.07 bits per heavy atom. The van der Waals surface area contributed by atoms with Gasteiger partial charge in [-0.1, -0.05) is 0 Å². The fourth-order valence-electron chi connectivity index (χ4n) is 2.60.